The molecule has 0 aliphatic heterocycles. The van der Waals surface area contributed by atoms with E-state index in [9.17, 15) is 4.79 Å². The van der Waals surface area contributed by atoms with Gasteiger partial charge in [-0.15, -0.1) is 16.8 Å². The van der Waals surface area contributed by atoms with Gasteiger partial charge < -0.3 is 10.1 Å². The van der Waals surface area contributed by atoms with E-state index < -0.39 is 0 Å². The van der Waals surface area contributed by atoms with Crippen molar-refractivity contribution < 1.29 is 9.53 Å². The van der Waals surface area contributed by atoms with Crippen LogP contribution in [0.15, 0.2) is 54.2 Å². The maximum atomic E-state index is 12.4. The Labute approximate surface area is 195 Å². The maximum absolute atomic E-state index is 12.4. The average Bonchev–Trinajstić information content (AvgIpc) is 3.12. The molecular weight excluding hydrogens is 455 g/mol. The molecule has 2 aromatic carbocycles. The fourth-order valence-corrected chi connectivity index (χ4v) is 3.86. The molecule has 3 aromatic rings. The second-order valence-electron chi connectivity index (χ2n) is 6.82. The Hall–Kier alpha value is -2.48. The number of halogens is 2. The molecule has 162 valence electrons. The fraction of sp³-hybridized carbons (Fsp3) is 0.227. The molecule has 0 spiro atoms. The fourth-order valence-electron chi connectivity index (χ4n) is 2.75. The predicted octanol–water partition coefficient (Wildman–Crippen LogP) is 5.70. The zero-order valence-electron chi connectivity index (χ0n) is 17.2. The van der Waals surface area contributed by atoms with E-state index in [-0.39, 0.29) is 18.3 Å². The molecule has 0 bridgehead atoms. The van der Waals surface area contributed by atoms with E-state index in [0.717, 1.165) is 11.1 Å². The lowest BCUT2D eigenvalue weighted by molar-refractivity contribution is -0.113. The minimum absolute atomic E-state index is 0.159. The molecule has 0 aliphatic carbocycles. The number of carbonyl (C=O) groups excluding carboxylic acids is 1. The van der Waals surface area contributed by atoms with Gasteiger partial charge in [-0.2, -0.15) is 0 Å². The first kappa shape index (κ1) is 23.2. The highest BCUT2D eigenvalue weighted by molar-refractivity contribution is 7.99. The van der Waals surface area contributed by atoms with Crippen LogP contribution in [0.5, 0.6) is 5.75 Å². The number of allylic oxidation sites excluding steroid dienone is 1. The van der Waals surface area contributed by atoms with Crippen molar-refractivity contribution in [3.05, 3.63) is 76.0 Å². The van der Waals surface area contributed by atoms with E-state index in [0.29, 0.717) is 39.0 Å². The Kier molecular flexibility index (Phi) is 8.01. The van der Waals surface area contributed by atoms with Crippen molar-refractivity contribution in [2.45, 2.75) is 32.2 Å². The summed E-state index contributed by atoms with van der Waals surface area (Å²) in [5.41, 5.74) is 2.67. The standard InChI is InChI=1S/C22H22Cl2N4O2S/c1-4-9-28-20(12-30-19-10-14(2)5-8-17(19)24)26-27-22(28)31-13-21(29)25-18-11-16(23)7-6-15(18)3/h4-8,10-11H,1,9,12-13H2,2-3H3,(H,25,29). The zero-order valence-corrected chi connectivity index (χ0v) is 19.5. The van der Waals surface area contributed by atoms with Crippen molar-refractivity contribution in [3.63, 3.8) is 0 Å². The highest BCUT2D eigenvalue weighted by Crippen LogP contribution is 2.27. The van der Waals surface area contributed by atoms with E-state index in [2.05, 4.69) is 22.1 Å². The number of hydrogen-bond acceptors (Lipinski definition) is 5. The van der Waals surface area contributed by atoms with Crippen LogP contribution in [0.3, 0.4) is 0 Å². The molecule has 0 fully saturated rings. The quantitative estimate of drug-likeness (QED) is 0.316. The van der Waals surface area contributed by atoms with Gasteiger partial charge in [-0.25, -0.2) is 0 Å². The number of carbonyl (C=O) groups is 1. The normalized spacial score (nSPS) is 10.7. The topological polar surface area (TPSA) is 69.0 Å². The molecule has 0 saturated heterocycles. The third kappa shape index (κ3) is 6.26. The van der Waals surface area contributed by atoms with Crippen LogP contribution >= 0.6 is 35.0 Å². The van der Waals surface area contributed by atoms with Crippen LogP contribution in [-0.4, -0.2) is 26.4 Å². The molecule has 1 heterocycles. The van der Waals surface area contributed by atoms with E-state index in [1.165, 1.54) is 11.8 Å². The number of benzene rings is 2. The molecule has 0 radical (unpaired) electrons. The van der Waals surface area contributed by atoms with Crippen LogP contribution < -0.4 is 10.1 Å². The first-order valence-electron chi connectivity index (χ1n) is 9.48. The van der Waals surface area contributed by atoms with Crippen LogP contribution in [-0.2, 0) is 17.9 Å². The molecule has 6 nitrogen and oxygen atoms in total. The summed E-state index contributed by atoms with van der Waals surface area (Å²) in [6, 6.07) is 11.0. The molecule has 1 aromatic heterocycles. The lowest BCUT2D eigenvalue weighted by atomic mass is 10.2. The highest BCUT2D eigenvalue weighted by atomic mass is 35.5. The molecule has 9 heteroatoms. The van der Waals surface area contributed by atoms with Crippen molar-refractivity contribution in [2.24, 2.45) is 0 Å². The summed E-state index contributed by atoms with van der Waals surface area (Å²) in [4.78, 5) is 12.4. The third-order valence-corrected chi connectivity index (χ3v) is 5.87. The summed E-state index contributed by atoms with van der Waals surface area (Å²) < 4.78 is 7.70. The lowest BCUT2D eigenvalue weighted by Gasteiger charge is -2.11. The number of nitrogens with one attached hydrogen (secondary N) is 1. The summed E-state index contributed by atoms with van der Waals surface area (Å²) in [6.45, 7) is 8.35. The third-order valence-electron chi connectivity index (χ3n) is 4.35. The van der Waals surface area contributed by atoms with Crippen molar-refractivity contribution in [1.82, 2.24) is 14.8 Å². The zero-order chi connectivity index (χ0) is 22.4. The molecule has 0 unspecified atom stereocenters. The number of rotatable bonds is 9. The van der Waals surface area contributed by atoms with Crippen molar-refractivity contribution in [3.8, 4) is 5.75 Å². The Morgan fingerprint density at radius 2 is 2.03 bits per heavy atom. The van der Waals surface area contributed by atoms with Crippen LogP contribution in [0.2, 0.25) is 10.0 Å². The van der Waals surface area contributed by atoms with E-state index >= 15 is 0 Å². The summed E-state index contributed by atoms with van der Waals surface area (Å²) in [5.74, 6) is 1.21. The van der Waals surface area contributed by atoms with E-state index in [4.69, 9.17) is 27.9 Å². The molecule has 31 heavy (non-hydrogen) atoms. The SMILES string of the molecule is C=CCn1c(COc2cc(C)ccc2Cl)nnc1SCC(=O)Nc1cc(Cl)ccc1C. The van der Waals surface area contributed by atoms with Gasteiger partial charge in [0.15, 0.2) is 11.0 Å². The second-order valence-corrected chi connectivity index (χ2v) is 8.60. The molecule has 3 rings (SSSR count). The van der Waals surface area contributed by atoms with Gasteiger partial charge in [-0.05, 0) is 49.2 Å². The minimum Gasteiger partial charge on any atom is -0.484 e. The monoisotopic (exact) mass is 476 g/mol. The highest BCUT2D eigenvalue weighted by Gasteiger charge is 2.15. The molecule has 0 atom stereocenters. The largest absolute Gasteiger partial charge is 0.484 e. The second kappa shape index (κ2) is 10.7. The van der Waals surface area contributed by atoms with Crippen LogP contribution in [0.1, 0.15) is 17.0 Å². The molecule has 0 saturated carbocycles. The van der Waals surface area contributed by atoms with Gasteiger partial charge in [0.1, 0.15) is 12.4 Å². The Bertz CT molecular complexity index is 1100. The minimum atomic E-state index is -0.159. The van der Waals surface area contributed by atoms with Gasteiger partial charge in [-0.3, -0.25) is 9.36 Å². The Morgan fingerprint density at radius 3 is 2.81 bits per heavy atom. The summed E-state index contributed by atoms with van der Waals surface area (Å²) in [6.07, 6.45) is 1.74. The van der Waals surface area contributed by atoms with Crippen molar-refractivity contribution in [2.75, 3.05) is 11.1 Å². The number of ether oxygens (including phenoxy) is 1. The maximum Gasteiger partial charge on any atom is 0.234 e. The van der Waals surface area contributed by atoms with Crippen LogP contribution in [0, 0.1) is 13.8 Å². The number of anilines is 1. The number of amides is 1. The molecule has 1 N–H and O–H groups in total. The molecule has 0 aliphatic rings. The summed E-state index contributed by atoms with van der Waals surface area (Å²) in [7, 11) is 0. The van der Waals surface area contributed by atoms with E-state index in [1.54, 1.807) is 24.3 Å². The number of aryl methyl sites for hydroxylation is 2. The summed E-state index contributed by atoms with van der Waals surface area (Å²) in [5, 5.41) is 13.0. The van der Waals surface area contributed by atoms with Gasteiger partial charge in [0.25, 0.3) is 0 Å². The number of thioether (sulfide) groups is 1. The van der Waals surface area contributed by atoms with Gasteiger partial charge >= 0.3 is 0 Å². The smallest absolute Gasteiger partial charge is 0.234 e. The van der Waals surface area contributed by atoms with Gasteiger partial charge in [-0.1, -0.05) is 53.2 Å². The van der Waals surface area contributed by atoms with Crippen molar-refractivity contribution >= 4 is 46.6 Å². The first-order chi connectivity index (χ1) is 14.9. The summed E-state index contributed by atoms with van der Waals surface area (Å²) >= 11 is 13.5. The van der Waals surface area contributed by atoms with E-state index in [1.807, 2.05) is 36.6 Å². The van der Waals surface area contributed by atoms with Crippen LogP contribution in [0.4, 0.5) is 5.69 Å². The molecule has 1 amide bonds. The van der Waals surface area contributed by atoms with Crippen molar-refractivity contribution in [1.29, 1.82) is 0 Å². The van der Waals surface area contributed by atoms with Gasteiger partial charge in [0.05, 0.1) is 10.8 Å². The van der Waals surface area contributed by atoms with Gasteiger partial charge in [0, 0.05) is 17.3 Å². The van der Waals surface area contributed by atoms with Crippen LogP contribution in [0.25, 0.3) is 0 Å². The Balaban J connectivity index is 1.65. The number of nitrogens with zero attached hydrogens (tertiary/aromatic N) is 3. The Morgan fingerprint density at radius 1 is 1.23 bits per heavy atom. The average molecular weight is 477 g/mol. The number of aromatic nitrogens is 3. The lowest BCUT2D eigenvalue weighted by Crippen LogP contribution is -2.15. The number of hydrogen-bond donors (Lipinski definition) is 1. The predicted molar refractivity (Wildman–Crippen MR) is 126 cm³/mol. The van der Waals surface area contributed by atoms with Gasteiger partial charge in [0.2, 0.25) is 5.91 Å². The molecular formula is C22H22Cl2N4O2S. The first-order valence-corrected chi connectivity index (χ1v) is 11.2.